The van der Waals surface area contributed by atoms with Crippen molar-refractivity contribution in [2.45, 2.75) is 80.7 Å². The maximum absolute atomic E-state index is 15.4. The SMILES string of the molecule is CN1Cc2c(nc(OC[C@@]34CCCN3C[C@H](F)C4)nc2N2CCC[C@]3(C2)NC(=O)NC3=O)C[C@]12CCc1c(F)ccc(F)c12. The fourth-order valence-corrected chi connectivity index (χ4v) is 8.99. The molecule has 8 rings (SSSR count). The zero-order valence-electron chi connectivity index (χ0n) is 24.7. The van der Waals surface area contributed by atoms with Crippen LogP contribution in [0.25, 0.3) is 0 Å². The molecule has 13 heteroatoms. The Morgan fingerprint density at radius 1 is 1.07 bits per heavy atom. The first-order chi connectivity index (χ1) is 21.1. The minimum Gasteiger partial charge on any atom is -0.461 e. The van der Waals surface area contributed by atoms with E-state index in [0.717, 1.165) is 24.9 Å². The van der Waals surface area contributed by atoms with Gasteiger partial charge in [-0.15, -0.1) is 0 Å². The molecule has 3 amide bonds. The third kappa shape index (κ3) is 4.07. The summed E-state index contributed by atoms with van der Waals surface area (Å²) in [7, 11) is 1.92. The molecule has 1 aliphatic carbocycles. The average Bonchev–Trinajstić information content (AvgIpc) is 3.71. The summed E-state index contributed by atoms with van der Waals surface area (Å²) in [4.78, 5) is 41.0. The topological polar surface area (TPSA) is 103 Å². The number of nitrogens with one attached hydrogen (secondary N) is 2. The Bertz CT molecular complexity index is 1580. The van der Waals surface area contributed by atoms with Crippen molar-refractivity contribution in [3.05, 3.63) is 46.2 Å². The molecule has 0 saturated carbocycles. The Morgan fingerprint density at radius 3 is 2.70 bits per heavy atom. The lowest BCUT2D eigenvalue weighted by Gasteiger charge is -2.46. The number of rotatable bonds is 4. The Morgan fingerprint density at radius 2 is 1.89 bits per heavy atom. The van der Waals surface area contributed by atoms with Crippen LogP contribution in [0.5, 0.6) is 6.01 Å². The minimum atomic E-state index is -1.07. The van der Waals surface area contributed by atoms with Crippen LogP contribution in [-0.4, -0.2) is 88.8 Å². The second kappa shape index (κ2) is 9.77. The van der Waals surface area contributed by atoms with E-state index in [2.05, 4.69) is 20.4 Å². The van der Waals surface area contributed by atoms with E-state index < -0.39 is 40.5 Å². The molecule has 44 heavy (non-hydrogen) atoms. The number of alkyl halides is 1. The number of imide groups is 1. The number of carbonyl (C=O) groups excluding carboxylic acids is 2. The number of hydrogen-bond acceptors (Lipinski definition) is 8. The van der Waals surface area contributed by atoms with Crippen LogP contribution in [0.2, 0.25) is 0 Å². The Balaban J connectivity index is 1.19. The van der Waals surface area contributed by atoms with Crippen LogP contribution >= 0.6 is 0 Å². The lowest BCUT2D eigenvalue weighted by atomic mass is 9.80. The van der Waals surface area contributed by atoms with Crippen molar-refractivity contribution in [3.8, 4) is 6.01 Å². The highest BCUT2D eigenvalue weighted by molar-refractivity contribution is 6.07. The zero-order chi connectivity index (χ0) is 30.4. The van der Waals surface area contributed by atoms with Gasteiger partial charge >= 0.3 is 12.0 Å². The van der Waals surface area contributed by atoms with Crippen LogP contribution in [0.1, 0.15) is 60.9 Å². The van der Waals surface area contributed by atoms with E-state index in [9.17, 15) is 18.4 Å². The molecule has 0 bridgehead atoms. The largest absolute Gasteiger partial charge is 0.461 e. The molecular weight excluding hydrogens is 575 g/mol. The average molecular weight is 612 g/mol. The Hall–Kier alpha value is -3.45. The van der Waals surface area contributed by atoms with Gasteiger partial charge in [0.25, 0.3) is 5.91 Å². The maximum Gasteiger partial charge on any atom is 0.322 e. The van der Waals surface area contributed by atoms with Crippen molar-refractivity contribution in [2.24, 2.45) is 0 Å². The molecule has 1 aromatic carbocycles. The summed E-state index contributed by atoms with van der Waals surface area (Å²) < 4.78 is 51.1. The maximum atomic E-state index is 15.4. The Kier molecular flexibility index (Phi) is 6.23. The van der Waals surface area contributed by atoms with Crippen LogP contribution in [0.15, 0.2) is 12.1 Å². The van der Waals surface area contributed by atoms with Crippen molar-refractivity contribution < 1.29 is 27.5 Å². The van der Waals surface area contributed by atoms with Crippen LogP contribution in [0, 0.1) is 11.6 Å². The molecule has 4 fully saturated rings. The number of aromatic nitrogens is 2. The second-order valence-corrected chi connectivity index (χ2v) is 13.6. The van der Waals surface area contributed by atoms with Crippen molar-refractivity contribution in [3.63, 3.8) is 0 Å². The van der Waals surface area contributed by atoms with Crippen LogP contribution < -0.4 is 20.3 Å². The number of ether oxygens (including phenoxy) is 1. The second-order valence-electron chi connectivity index (χ2n) is 13.6. The molecule has 4 saturated heterocycles. The number of likely N-dealkylation sites (N-methyl/N-ethyl adjacent to an activating group) is 1. The van der Waals surface area contributed by atoms with E-state index in [1.807, 2.05) is 11.9 Å². The van der Waals surface area contributed by atoms with Gasteiger partial charge in [-0.3, -0.25) is 19.9 Å². The van der Waals surface area contributed by atoms with Crippen molar-refractivity contribution in [1.82, 2.24) is 30.4 Å². The highest BCUT2D eigenvalue weighted by Crippen LogP contribution is 2.50. The van der Waals surface area contributed by atoms with Gasteiger partial charge in [-0.2, -0.15) is 9.97 Å². The molecule has 1 aromatic heterocycles. The first kappa shape index (κ1) is 28.1. The molecule has 5 aliphatic heterocycles. The van der Waals surface area contributed by atoms with Crippen LogP contribution in [0.4, 0.5) is 23.8 Å². The lowest BCUT2D eigenvalue weighted by Crippen LogP contribution is -2.59. The molecule has 6 aliphatic rings. The quantitative estimate of drug-likeness (QED) is 0.509. The number of fused-ring (bicyclic) bond motifs is 4. The number of piperidine rings is 1. The third-order valence-electron chi connectivity index (χ3n) is 11.1. The summed E-state index contributed by atoms with van der Waals surface area (Å²) in [5.41, 5.74) is 0.0769. The molecule has 4 atom stereocenters. The number of anilines is 1. The van der Waals surface area contributed by atoms with E-state index >= 15 is 4.39 Å². The minimum absolute atomic E-state index is 0.152. The van der Waals surface area contributed by atoms with Gasteiger partial charge in [0.05, 0.1) is 23.3 Å². The zero-order valence-corrected chi connectivity index (χ0v) is 24.7. The number of halogens is 3. The normalized spacial score (nSPS) is 33.1. The van der Waals surface area contributed by atoms with Crippen molar-refractivity contribution in [1.29, 1.82) is 0 Å². The molecule has 234 valence electrons. The van der Waals surface area contributed by atoms with Crippen molar-refractivity contribution >= 4 is 17.8 Å². The summed E-state index contributed by atoms with van der Waals surface area (Å²) in [5, 5.41) is 5.21. The first-order valence-corrected chi connectivity index (χ1v) is 15.6. The molecule has 0 unspecified atom stereocenters. The summed E-state index contributed by atoms with van der Waals surface area (Å²) in [5.74, 6) is -0.579. The highest BCUT2D eigenvalue weighted by atomic mass is 19.1. The number of carbonyl (C=O) groups is 2. The number of amides is 3. The van der Waals surface area contributed by atoms with E-state index in [1.54, 1.807) is 0 Å². The molecule has 0 radical (unpaired) electrons. The van der Waals surface area contributed by atoms with Gasteiger partial charge in [0.2, 0.25) is 0 Å². The molecule has 10 nitrogen and oxygen atoms in total. The first-order valence-electron chi connectivity index (χ1n) is 15.6. The molecule has 6 heterocycles. The summed E-state index contributed by atoms with van der Waals surface area (Å²) in [6, 6.07) is 2.03. The number of hydrogen-bond donors (Lipinski definition) is 2. The fourth-order valence-electron chi connectivity index (χ4n) is 8.99. The summed E-state index contributed by atoms with van der Waals surface area (Å²) >= 11 is 0. The monoisotopic (exact) mass is 611 g/mol. The summed E-state index contributed by atoms with van der Waals surface area (Å²) in [6.45, 7) is 2.70. The molecule has 2 spiro atoms. The van der Waals surface area contributed by atoms with E-state index in [1.165, 1.54) is 12.1 Å². The van der Waals surface area contributed by atoms with Gasteiger partial charge in [0.1, 0.15) is 35.8 Å². The Labute approximate surface area is 253 Å². The van der Waals surface area contributed by atoms with E-state index in [4.69, 9.17) is 14.7 Å². The van der Waals surface area contributed by atoms with Gasteiger partial charge < -0.3 is 15.0 Å². The van der Waals surface area contributed by atoms with E-state index in [-0.39, 0.29) is 25.1 Å². The lowest BCUT2D eigenvalue weighted by molar-refractivity contribution is -0.124. The van der Waals surface area contributed by atoms with Gasteiger partial charge in [0, 0.05) is 43.6 Å². The van der Waals surface area contributed by atoms with E-state index in [0.29, 0.717) is 80.8 Å². The number of urea groups is 1. The van der Waals surface area contributed by atoms with Crippen molar-refractivity contribution in [2.75, 3.05) is 44.7 Å². The standard InChI is InChI=1S/C31H36F3N7O3/c1-39-15-20-23(13-31(39)9-6-19-21(33)4-5-22(34)24(19)31)35-28(44-17-29-7-2-11-41(29)14-18(32)12-29)36-25(20)40-10-3-8-30(16-40)26(42)37-27(43)38-30/h4-5,18H,2-3,6-17H2,1H3,(H2,37,38,42,43)/t18-,29+,30-,31+/m1/s1. The predicted octanol–water partition coefficient (Wildman–Crippen LogP) is 2.72. The molecular formula is C31H36F3N7O3. The van der Waals surface area contributed by atoms with Crippen LogP contribution in [0.3, 0.4) is 0 Å². The molecule has 2 aromatic rings. The smallest absolute Gasteiger partial charge is 0.322 e. The third-order valence-corrected chi connectivity index (χ3v) is 11.1. The van der Waals surface area contributed by atoms with Gasteiger partial charge in [-0.25, -0.2) is 18.0 Å². The van der Waals surface area contributed by atoms with Gasteiger partial charge in [0.15, 0.2) is 0 Å². The summed E-state index contributed by atoms with van der Waals surface area (Å²) in [6.07, 6.45) is 3.77. The predicted molar refractivity (Wildman–Crippen MR) is 153 cm³/mol. The number of nitrogens with zero attached hydrogens (tertiary/aromatic N) is 5. The highest BCUT2D eigenvalue weighted by Gasteiger charge is 2.53. The number of benzene rings is 1. The van der Waals surface area contributed by atoms with Crippen LogP contribution in [-0.2, 0) is 29.7 Å². The fraction of sp³-hybridized carbons (Fsp3) is 0.613. The van der Waals surface area contributed by atoms with Gasteiger partial charge in [-0.05, 0) is 69.8 Å². The van der Waals surface area contributed by atoms with Gasteiger partial charge in [-0.1, -0.05) is 0 Å². The molecule has 2 N–H and O–H groups in total.